The molecule has 25 heavy (non-hydrogen) atoms. The van der Waals surface area contributed by atoms with Crippen molar-refractivity contribution in [2.24, 2.45) is 0 Å². The Morgan fingerprint density at radius 1 is 0.800 bits per heavy atom. The van der Waals surface area contributed by atoms with E-state index in [-0.39, 0.29) is 0 Å². The van der Waals surface area contributed by atoms with E-state index in [1.165, 1.54) is 22.3 Å². The Hall–Kier alpha value is -2.88. The van der Waals surface area contributed by atoms with Crippen molar-refractivity contribution < 1.29 is 0 Å². The highest BCUT2D eigenvalue weighted by molar-refractivity contribution is 5.59. The molecule has 0 amide bonds. The van der Waals surface area contributed by atoms with E-state index in [0.29, 0.717) is 12.5 Å². The van der Waals surface area contributed by atoms with Gasteiger partial charge in [-0.2, -0.15) is 4.98 Å². The van der Waals surface area contributed by atoms with Crippen LogP contribution in [0.3, 0.4) is 0 Å². The average molecular weight is 332 g/mol. The maximum Gasteiger partial charge on any atom is 0.225 e. The first-order valence-corrected chi connectivity index (χ1v) is 8.48. The van der Waals surface area contributed by atoms with E-state index >= 15 is 0 Å². The van der Waals surface area contributed by atoms with Crippen molar-refractivity contribution in [3.8, 4) is 0 Å². The van der Waals surface area contributed by atoms with Crippen LogP contribution in [0.2, 0.25) is 0 Å². The summed E-state index contributed by atoms with van der Waals surface area (Å²) in [4.78, 5) is 9.08. The minimum Gasteiger partial charge on any atom is -0.350 e. The molecule has 0 saturated heterocycles. The van der Waals surface area contributed by atoms with E-state index in [4.69, 9.17) is 0 Å². The van der Waals surface area contributed by atoms with Crippen LogP contribution < -0.4 is 10.6 Å². The van der Waals surface area contributed by atoms with Crippen LogP contribution in [0.4, 0.5) is 17.5 Å². The summed E-state index contributed by atoms with van der Waals surface area (Å²) in [5.41, 5.74) is 6.89. The third-order valence-electron chi connectivity index (χ3n) is 3.88. The summed E-state index contributed by atoms with van der Waals surface area (Å²) in [5, 5.41) is 6.70. The zero-order chi connectivity index (χ0) is 17.8. The Bertz CT molecular complexity index is 867. The molecule has 0 unspecified atom stereocenters. The molecule has 2 aromatic carbocycles. The van der Waals surface area contributed by atoms with Crippen molar-refractivity contribution >= 4 is 17.5 Å². The molecule has 0 aliphatic rings. The summed E-state index contributed by atoms with van der Waals surface area (Å²) in [5.74, 6) is 1.43. The van der Waals surface area contributed by atoms with Gasteiger partial charge in [0.15, 0.2) is 0 Å². The van der Waals surface area contributed by atoms with E-state index in [1.54, 1.807) is 0 Å². The van der Waals surface area contributed by atoms with Gasteiger partial charge in [0, 0.05) is 24.0 Å². The van der Waals surface area contributed by atoms with E-state index < -0.39 is 0 Å². The van der Waals surface area contributed by atoms with Gasteiger partial charge in [0.05, 0.1) is 0 Å². The summed E-state index contributed by atoms with van der Waals surface area (Å²) in [6, 6.07) is 16.8. The van der Waals surface area contributed by atoms with Gasteiger partial charge < -0.3 is 10.6 Å². The number of nitrogens with zero attached hydrogens (tertiary/aromatic N) is 2. The number of hydrogen-bond donors (Lipinski definition) is 2. The topological polar surface area (TPSA) is 49.8 Å². The molecule has 0 fully saturated rings. The van der Waals surface area contributed by atoms with Gasteiger partial charge in [0.2, 0.25) is 5.95 Å². The molecule has 0 spiro atoms. The predicted molar refractivity (Wildman–Crippen MR) is 104 cm³/mol. The maximum absolute atomic E-state index is 4.59. The van der Waals surface area contributed by atoms with Crippen molar-refractivity contribution in [2.45, 2.75) is 34.2 Å². The molecule has 0 saturated carbocycles. The normalized spacial score (nSPS) is 10.6. The molecule has 0 aliphatic heterocycles. The number of rotatable bonds is 5. The Morgan fingerprint density at radius 3 is 2.28 bits per heavy atom. The lowest BCUT2D eigenvalue weighted by Crippen LogP contribution is -2.06. The van der Waals surface area contributed by atoms with Gasteiger partial charge in [-0.05, 0) is 56.5 Å². The Labute approximate surface area is 149 Å². The Kier molecular flexibility index (Phi) is 4.98. The highest BCUT2D eigenvalue weighted by Crippen LogP contribution is 2.20. The smallest absolute Gasteiger partial charge is 0.225 e. The molecule has 0 bridgehead atoms. The molecule has 128 valence electrons. The largest absolute Gasteiger partial charge is 0.350 e. The molecular formula is C21H24N4. The summed E-state index contributed by atoms with van der Waals surface area (Å²) >= 11 is 0. The van der Waals surface area contributed by atoms with Crippen molar-refractivity contribution in [1.82, 2.24) is 9.97 Å². The summed E-state index contributed by atoms with van der Waals surface area (Å²) < 4.78 is 0. The van der Waals surface area contributed by atoms with Crippen LogP contribution >= 0.6 is 0 Å². The number of nitrogens with one attached hydrogen (secondary N) is 2. The van der Waals surface area contributed by atoms with Crippen molar-refractivity contribution in [3.63, 3.8) is 0 Å². The zero-order valence-electron chi connectivity index (χ0n) is 15.2. The Balaban J connectivity index is 1.75. The maximum atomic E-state index is 4.59. The van der Waals surface area contributed by atoms with Gasteiger partial charge in [0.1, 0.15) is 5.82 Å². The monoisotopic (exact) mass is 332 g/mol. The van der Waals surface area contributed by atoms with Gasteiger partial charge in [0.25, 0.3) is 0 Å². The van der Waals surface area contributed by atoms with Gasteiger partial charge in [-0.25, -0.2) is 4.98 Å². The van der Waals surface area contributed by atoms with Crippen LogP contribution in [0.25, 0.3) is 0 Å². The second kappa shape index (κ2) is 7.34. The van der Waals surface area contributed by atoms with E-state index in [0.717, 1.165) is 17.2 Å². The molecule has 0 radical (unpaired) electrons. The second-order valence-corrected chi connectivity index (χ2v) is 6.56. The van der Waals surface area contributed by atoms with E-state index in [2.05, 4.69) is 83.8 Å². The van der Waals surface area contributed by atoms with Gasteiger partial charge in [-0.1, -0.05) is 35.9 Å². The lowest BCUT2D eigenvalue weighted by molar-refractivity contribution is 1.03. The van der Waals surface area contributed by atoms with Crippen LogP contribution in [-0.2, 0) is 6.54 Å². The van der Waals surface area contributed by atoms with E-state index in [1.807, 2.05) is 13.0 Å². The molecule has 0 atom stereocenters. The number of aryl methyl sites for hydroxylation is 4. The molecule has 4 nitrogen and oxygen atoms in total. The Morgan fingerprint density at radius 2 is 1.56 bits per heavy atom. The molecular weight excluding hydrogens is 308 g/mol. The fourth-order valence-corrected chi connectivity index (χ4v) is 2.91. The molecule has 0 aliphatic carbocycles. The number of benzene rings is 2. The summed E-state index contributed by atoms with van der Waals surface area (Å²) in [6.07, 6.45) is 0. The third-order valence-corrected chi connectivity index (χ3v) is 3.88. The highest BCUT2D eigenvalue weighted by atomic mass is 15.1. The molecule has 4 heteroatoms. The summed E-state index contributed by atoms with van der Waals surface area (Å²) in [6.45, 7) is 8.97. The first-order chi connectivity index (χ1) is 12.0. The molecule has 1 heterocycles. The quantitative estimate of drug-likeness (QED) is 0.685. The lowest BCUT2D eigenvalue weighted by Gasteiger charge is -2.11. The van der Waals surface area contributed by atoms with Crippen LogP contribution in [0.15, 0.2) is 48.5 Å². The van der Waals surface area contributed by atoms with E-state index in [9.17, 15) is 0 Å². The molecule has 3 aromatic rings. The summed E-state index contributed by atoms with van der Waals surface area (Å²) in [7, 11) is 0. The standard InChI is InChI=1S/C21H24N4/c1-14-6-5-7-18(9-14)13-22-21-23-17(4)12-20(25-21)24-19-10-15(2)8-16(3)11-19/h5-12H,13H2,1-4H3,(H2,22,23,24,25). The van der Waals surface area contributed by atoms with Crippen LogP contribution in [0.1, 0.15) is 27.9 Å². The number of aromatic nitrogens is 2. The average Bonchev–Trinajstić information content (AvgIpc) is 2.51. The van der Waals surface area contributed by atoms with Crippen LogP contribution in [0, 0.1) is 27.7 Å². The van der Waals surface area contributed by atoms with Crippen LogP contribution in [-0.4, -0.2) is 9.97 Å². The molecule has 1 aromatic heterocycles. The first kappa shape index (κ1) is 17.0. The van der Waals surface area contributed by atoms with Crippen molar-refractivity contribution in [3.05, 3.63) is 76.5 Å². The van der Waals surface area contributed by atoms with Gasteiger partial charge in [-0.15, -0.1) is 0 Å². The van der Waals surface area contributed by atoms with Crippen LogP contribution in [0.5, 0.6) is 0 Å². The number of hydrogen-bond acceptors (Lipinski definition) is 4. The molecule has 2 N–H and O–H groups in total. The van der Waals surface area contributed by atoms with Gasteiger partial charge in [-0.3, -0.25) is 0 Å². The SMILES string of the molecule is Cc1cccc(CNc2nc(C)cc(Nc3cc(C)cc(C)c3)n2)c1. The van der Waals surface area contributed by atoms with Gasteiger partial charge >= 0.3 is 0 Å². The lowest BCUT2D eigenvalue weighted by atomic mass is 10.1. The zero-order valence-corrected chi connectivity index (χ0v) is 15.2. The predicted octanol–water partition coefficient (Wildman–Crippen LogP) is 5.07. The minimum atomic E-state index is 0.633. The number of anilines is 3. The fraction of sp³-hybridized carbons (Fsp3) is 0.238. The minimum absolute atomic E-state index is 0.633. The highest BCUT2D eigenvalue weighted by Gasteiger charge is 2.04. The first-order valence-electron chi connectivity index (χ1n) is 8.48. The second-order valence-electron chi connectivity index (χ2n) is 6.56. The van der Waals surface area contributed by atoms with Crippen molar-refractivity contribution in [2.75, 3.05) is 10.6 Å². The fourth-order valence-electron chi connectivity index (χ4n) is 2.91. The molecule has 3 rings (SSSR count). The third kappa shape index (κ3) is 4.80. The van der Waals surface area contributed by atoms with Crippen molar-refractivity contribution in [1.29, 1.82) is 0 Å².